The molecule has 0 heterocycles. The van der Waals surface area contributed by atoms with Crippen LogP contribution in [0.15, 0.2) is 24.3 Å². The molecule has 0 rings (SSSR count). The molecule has 0 aromatic carbocycles. The van der Waals surface area contributed by atoms with Crippen LogP contribution in [0.5, 0.6) is 0 Å². The van der Waals surface area contributed by atoms with Crippen molar-refractivity contribution in [1.82, 2.24) is 10.2 Å². The molecule has 0 fully saturated rings. The number of rotatable bonds is 40. The first-order valence-corrected chi connectivity index (χ1v) is 22.1. The van der Waals surface area contributed by atoms with Gasteiger partial charge in [-0.05, 0) is 90.5 Å². The van der Waals surface area contributed by atoms with E-state index in [0.29, 0.717) is 18.4 Å². The zero-order valence-electron chi connectivity index (χ0n) is 34.0. The SMILES string of the molecule is CCCCCCCCC=CCCCCCCCCOCC(COCCCCCCCCC=CCCCCCCCC)OC(=S)NCCN(C)C. The zero-order valence-corrected chi connectivity index (χ0v) is 34.8. The highest BCUT2D eigenvalue weighted by Crippen LogP contribution is 2.12. The van der Waals surface area contributed by atoms with Crippen LogP contribution in [-0.2, 0) is 14.2 Å². The zero-order chi connectivity index (χ0) is 36.4. The summed E-state index contributed by atoms with van der Waals surface area (Å²) in [6, 6.07) is 0. The summed E-state index contributed by atoms with van der Waals surface area (Å²) < 4.78 is 18.1. The van der Waals surface area contributed by atoms with Gasteiger partial charge in [-0.15, -0.1) is 0 Å². The first kappa shape index (κ1) is 49.0. The summed E-state index contributed by atoms with van der Waals surface area (Å²) in [5.74, 6) is 0. The molecule has 5 nitrogen and oxygen atoms in total. The van der Waals surface area contributed by atoms with Gasteiger partial charge in [0.1, 0.15) is 6.10 Å². The number of hydrogen-bond acceptors (Lipinski definition) is 5. The number of allylic oxidation sites excluding steroid dienone is 4. The van der Waals surface area contributed by atoms with E-state index in [4.69, 9.17) is 26.4 Å². The molecule has 0 amide bonds. The molecule has 0 aliphatic heterocycles. The number of unbranched alkanes of at least 4 members (excludes halogenated alkanes) is 24. The van der Waals surface area contributed by atoms with Gasteiger partial charge in [0.15, 0.2) is 0 Å². The smallest absolute Gasteiger partial charge is 0.257 e. The molecule has 0 spiro atoms. The van der Waals surface area contributed by atoms with E-state index in [0.717, 1.165) is 39.1 Å². The summed E-state index contributed by atoms with van der Waals surface area (Å²) in [6.45, 7) is 8.84. The summed E-state index contributed by atoms with van der Waals surface area (Å²) >= 11 is 5.46. The minimum absolute atomic E-state index is 0.169. The van der Waals surface area contributed by atoms with Gasteiger partial charge >= 0.3 is 0 Å². The first-order chi connectivity index (χ1) is 24.6. The van der Waals surface area contributed by atoms with Gasteiger partial charge in [0.2, 0.25) is 0 Å². The minimum Gasteiger partial charge on any atom is -0.463 e. The molecule has 0 aromatic rings. The van der Waals surface area contributed by atoms with Crippen molar-refractivity contribution in [3.8, 4) is 0 Å². The highest BCUT2D eigenvalue weighted by atomic mass is 32.1. The second-order valence-corrected chi connectivity index (χ2v) is 15.2. The quantitative estimate of drug-likeness (QED) is 0.0386. The Morgan fingerprint density at radius 2 is 0.860 bits per heavy atom. The van der Waals surface area contributed by atoms with Gasteiger partial charge in [-0.3, -0.25) is 0 Å². The van der Waals surface area contributed by atoms with Crippen molar-refractivity contribution in [3.63, 3.8) is 0 Å². The molecule has 0 saturated carbocycles. The first-order valence-electron chi connectivity index (χ1n) is 21.6. The maximum Gasteiger partial charge on any atom is 0.257 e. The van der Waals surface area contributed by atoms with Crippen molar-refractivity contribution in [2.75, 3.05) is 53.6 Å². The van der Waals surface area contributed by atoms with E-state index >= 15 is 0 Å². The van der Waals surface area contributed by atoms with Crippen LogP contribution in [0.25, 0.3) is 0 Å². The third kappa shape index (κ3) is 41.5. The second-order valence-electron chi connectivity index (χ2n) is 14.8. The highest BCUT2D eigenvalue weighted by Gasteiger charge is 2.13. The normalized spacial score (nSPS) is 12.5. The summed E-state index contributed by atoms with van der Waals surface area (Å²) in [7, 11) is 4.12. The Morgan fingerprint density at radius 3 is 1.22 bits per heavy atom. The lowest BCUT2D eigenvalue weighted by Gasteiger charge is -2.21. The lowest BCUT2D eigenvalue weighted by atomic mass is 10.1. The molecule has 0 aliphatic rings. The predicted molar refractivity (Wildman–Crippen MR) is 225 cm³/mol. The van der Waals surface area contributed by atoms with Crippen LogP contribution in [0.4, 0.5) is 0 Å². The molecule has 0 aliphatic carbocycles. The number of nitrogens with one attached hydrogen (secondary N) is 1. The Labute approximate surface area is 318 Å². The summed E-state index contributed by atoms with van der Waals surface area (Å²) in [5.41, 5.74) is 0. The van der Waals surface area contributed by atoms with Crippen LogP contribution in [0.1, 0.15) is 194 Å². The molecule has 0 aromatic heterocycles. The molecule has 6 heteroatoms. The fourth-order valence-corrected chi connectivity index (χ4v) is 6.26. The third-order valence-electron chi connectivity index (χ3n) is 9.31. The molecule has 0 atom stereocenters. The van der Waals surface area contributed by atoms with E-state index in [1.807, 2.05) is 0 Å². The number of ether oxygens (including phenoxy) is 3. The van der Waals surface area contributed by atoms with E-state index in [1.165, 1.54) is 167 Å². The van der Waals surface area contributed by atoms with Gasteiger partial charge in [-0.1, -0.05) is 154 Å². The van der Waals surface area contributed by atoms with Gasteiger partial charge in [0.25, 0.3) is 5.17 Å². The molecule has 50 heavy (non-hydrogen) atoms. The molecule has 0 unspecified atom stereocenters. The van der Waals surface area contributed by atoms with E-state index in [-0.39, 0.29) is 6.10 Å². The third-order valence-corrected chi connectivity index (χ3v) is 9.55. The maximum atomic E-state index is 6.04. The predicted octanol–water partition coefficient (Wildman–Crippen LogP) is 12.9. The van der Waals surface area contributed by atoms with Crippen molar-refractivity contribution in [2.24, 2.45) is 0 Å². The molecule has 296 valence electrons. The Hall–Kier alpha value is -0.950. The summed E-state index contributed by atoms with van der Waals surface area (Å²) in [4.78, 5) is 2.13. The van der Waals surface area contributed by atoms with Gasteiger partial charge in [-0.2, -0.15) is 0 Å². The number of nitrogens with zero attached hydrogens (tertiary/aromatic N) is 1. The van der Waals surface area contributed by atoms with Gasteiger partial charge in [0, 0.05) is 26.3 Å². The summed E-state index contributed by atoms with van der Waals surface area (Å²) in [6.07, 6.45) is 46.4. The average molecular weight is 723 g/mol. The highest BCUT2D eigenvalue weighted by molar-refractivity contribution is 7.80. The van der Waals surface area contributed by atoms with Crippen molar-refractivity contribution < 1.29 is 14.2 Å². The average Bonchev–Trinajstić information content (AvgIpc) is 3.10. The van der Waals surface area contributed by atoms with Crippen molar-refractivity contribution in [1.29, 1.82) is 0 Å². The maximum absolute atomic E-state index is 6.04. The molecule has 1 N–H and O–H groups in total. The number of likely N-dealkylation sites (N-methyl/N-ethyl adjacent to an activating group) is 1. The van der Waals surface area contributed by atoms with Crippen molar-refractivity contribution in [3.05, 3.63) is 24.3 Å². The molecule has 0 bridgehead atoms. The Bertz CT molecular complexity index is 684. The molecular weight excluding hydrogens is 637 g/mol. The Balaban J connectivity index is 3.89. The minimum atomic E-state index is -0.169. The molecule has 0 saturated heterocycles. The monoisotopic (exact) mass is 723 g/mol. The lowest BCUT2D eigenvalue weighted by Crippen LogP contribution is -2.37. The van der Waals surface area contributed by atoms with E-state index in [2.05, 4.69) is 62.5 Å². The topological polar surface area (TPSA) is 43.0 Å². The standard InChI is InChI=1S/C44H86N2O3S/c1-5-7-9-11-13-15-17-19-21-23-25-27-29-31-33-35-39-47-41-43(49-44(50)45-37-38-46(3)4)42-48-40-36-34-32-30-28-26-24-22-20-18-16-14-12-10-8-6-2/h19-22,43H,5-18,23-42H2,1-4H3,(H,45,50). The fraction of sp³-hybridized carbons (Fsp3) is 0.886. The number of thiocarbonyl (C=S) groups is 1. The molecule has 0 radical (unpaired) electrons. The van der Waals surface area contributed by atoms with Crippen molar-refractivity contribution >= 4 is 17.4 Å². The van der Waals surface area contributed by atoms with Crippen LogP contribution in [0.2, 0.25) is 0 Å². The summed E-state index contributed by atoms with van der Waals surface area (Å²) in [5, 5.41) is 3.66. The molecular formula is C44H86N2O3S. The fourth-order valence-electron chi connectivity index (χ4n) is 6.02. The Morgan fingerprint density at radius 1 is 0.520 bits per heavy atom. The van der Waals surface area contributed by atoms with Crippen LogP contribution >= 0.6 is 12.2 Å². The van der Waals surface area contributed by atoms with E-state index in [9.17, 15) is 0 Å². The largest absolute Gasteiger partial charge is 0.463 e. The number of hydrogen-bond donors (Lipinski definition) is 1. The van der Waals surface area contributed by atoms with Crippen LogP contribution in [-0.4, -0.2) is 69.8 Å². The van der Waals surface area contributed by atoms with Crippen LogP contribution in [0.3, 0.4) is 0 Å². The Kier molecular flexibility index (Phi) is 41.7. The van der Waals surface area contributed by atoms with Gasteiger partial charge in [0.05, 0.1) is 13.2 Å². The van der Waals surface area contributed by atoms with Gasteiger partial charge < -0.3 is 24.4 Å². The lowest BCUT2D eigenvalue weighted by molar-refractivity contribution is -0.0137. The van der Waals surface area contributed by atoms with Crippen molar-refractivity contribution in [2.45, 2.75) is 200 Å². The van der Waals surface area contributed by atoms with Crippen LogP contribution < -0.4 is 5.32 Å². The van der Waals surface area contributed by atoms with Crippen LogP contribution in [0, 0.1) is 0 Å². The second kappa shape index (κ2) is 42.5. The van der Waals surface area contributed by atoms with E-state index < -0.39 is 0 Å². The van der Waals surface area contributed by atoms with Gasteiger partial charge in [-0.25, -0.2) is 0 Å². The van der Waals surface area contributed by atoms with E-state index in [1.54, 1.807) is 0 Å².